The van der Waals surface area contributed by atoms with Crippen molar-refractivity contribution in [1.82, 2.24) is 35.0 Å². The molecule has 1 atom stereocenters. The van der Waals surface area contributed by atoms with Gasteiger partial charge in [-0.3, -0.25) is 0 Å². The zero-order chi connectivity index (χ0) is 18.8. The fourth-order valence-corrected chi connectivity index (χ4v) is 2.85. The van der Waals surface area contributed by atoms with Crippen molar-refractivity contribution in [2.45, 2.75) is 26.8 Å². The SMILES string of the molecule is Cc1cc(C)n(-c2ccc(NC(C)c3cn(-c4ccccc4)nn3)nn2)n1. The summed E-state index contributed by atoms with van der Waals surface area (Å²) in [5.41, 5.74) is 3.76. The molecule has 4 rings (SSSR count). The first-order valence-electron chi connectivity index (χ1n) is 8.72. The number of para-hydroxylation sites is 1. The van der Waals surface area contributed by atoms with Crippen LogP contribution in [0.3, 0.4) is 0 Å². The normalized spacial score (nSPS) is 12.1. The van der Waals surface area contributed by atoms with Crippen molar-refractivity contribution in [3.05, 3.63) is 71.8 Å². The number of hydrogen-bond acceptors (Lipinski definition) is 6. The second-order valence-corrected chi connectivity index (χ2v) is 6.41. The van der Waals surface area contributed by atoms with Crippen molar-refractivity contribution in [1.29, 1.82) is 0 Å². The molecule has 0 saturated heterocycles. The Kier molecular flexibility index (Phi) is 4.37. The van der Waals surface area contributed by atoms with E-state index in [1.54, 1.807) is 9.36 Å². The molecule has 0 fully saturated rings. The van der Waals surface area contributed by atoms with Crippen LogP contribution in [0.5, 0.6) is 0 Å². The summed E-state index contributed by atoms with van der Waals surface area (Å²) in [4.78, 5) is 0. The van der Waals surface area contributed by atoms with Crippen molar-refractivity contribution in [3.63, 3.8) is 0 Å². The first kappa shape index (κ1) is 16.9. The number of anilines is 1. The number of aryl methyl sites for hydroxylation is 2. The molecule has 27 heavy (non-hydrogen) atoms. The molecule has 0 bridgehead atoms. The van der Waals surface area contributed by atoms with Gasteiger partial charge in [0.25, 0.3) is 0 Å². The van der Waals surface area contributed by atoms with Crippen LogP contribution in [0.4, 0.5) is 5.82 Å². The third-order valence-electron chi connectivity index (χ3n) is 4.22. The molecule has 0 amide bonds. The van der Waals surface area contributed by atoms with E-state index in [1.807, 2.05) is 75.5 Å². The maximum Gasteiger partial charge on any atom is 0.176 e. The Labute approximate surface area is 156 Å². The van der Waals surface area contributed by atoms with Gasteiger partial charge >= 0.3 is 0 Å². The molecule has 1 unspecified atom stereocenters. The van der Waals surface area contributed by atoms with E-state index in [0.717, 1.165) is 22.8 Å². The summed E-state index contributed by atoms with van der Waals surface area (Å²) in [5, 5.41) is 24.7. The summed E-state index contributed by atoms with van der Waals surface area (Å²) < 4.78 is 3.53. The Morgan fingerprint density at radius 3 is 2.44 bits per heavy atom. The van der Waals surface area contributed by atoms with Crippen molar-refractivity contribution in [3.8, 4) is 11.5 Å². The minimum atomic E-state index is -0.0590. The molecule has 0 saturated carbocycles. The summed E-state index contributed by atoms with van der Waals surface area (Å²) in [5.74, 6) is 1.36. The van der Waals surface area contributed by atoms with Gasteiger partial charge in [-0.1, -0.05) is 23.4 Å². The molecule has 0 aliphatic carbocycles. The van der Waals surface area contributed by atoms with Gasteiger partial charge in [0.2, 0.25) is 0 Å². The lowest BCUT2D eigenvalue weighted by molar-refractivity contribution is 0.766. The fourth-order valence-electron chi connectivity index (χ4n) is 2.85. The van der Waals surface area contributed by atoms with Gasteiger partial charge in [0, 0.05) is 5.69 Å². The first-order chi connectivity index (χ1) is 13.1. The monoisotopic (exact) mass is 360 g/mol. The quantitative estimate of drug-likeness (QED) is 0.589. The largest absolute Gasteiger partial charge is 0.360 e. The van der Waals surface area contributed by atoms with Crippen LogP contribution in [0.1, 0.15) is 30.0 Å². The molecule has 0 aliphatic rings. The van der Waals surface area contributed by atoms with Crippen LogP contribution in [-0.2, 0) is 0 Å². The molecule has 3 aromatic heterocycles. The summed E-state index contributed by atoms with van der Waals surface area (Å²) in [6.07, 6.45) is 1.91. The molecule has 0 spiro atoms. The fraction of sp³-hybridized carbons (Fsp3) is 0.211. The van der Waals surface area contributed by atoms with Gasteiger partial charge in [-0.25, -0.2) is 9.36 Å². The lowest BCUT2D eigenvalue weighted by atomic mass is 10.2. The van der Waals surface area contributed by atoms with Crippen LogP contribution in [-0.4, -0.2) is 35.0 Å². The highest BCUT2D eigenvalue weighted by molar-refractivity contribution is 5.39. The van der Waals surface area contributed by atoms with Gasteiger partial charge in [0.05, 0.1) is 23.6 Å². The van der Waals surface area contributed by atoms with Gasteiger partial charge in [-0.2, -0.15) is 5.10 Å². The number of nitrogens with zero attached hydrogens (tertiary/aromatic N) is 7. The molecule has 4 aromatic rings. The predicted octanol–water partition coefficient (Wildman–Crippen LogP) is 3.03. The predicted molar refractivity (Wildman–Crippen MR) is 102 cm³/mol. The number of benzene rings is 1. The number of hydrogen-bond donors (Lipinski definition) is 1. The molecule has 8 nitrogen and oxygen atoms in total. The summed E-state index contributed by atoms with van der Waals surface area (Å²) >= 11 is 0. The average molecular weight is 360 g/mol. The molecule has 1 N–H and O–H groups in total. The van der Waals surface area contributed by atoms with Crippen molar-refractivity contribution < 1.29 is 0 Å². The van der Waals surface area contributed by atoms with E-state index in [0.29, 0.717) is 11.6 Å². The third kappa shape index (κ3) is 3.55. The molecule has 0 aliphatic heterocycles. The van der Waals surface area contributed by atoms with Crippen molar-refractivity contribution in [2.24, 2.45) is 0 Å². The summed E-state index contributed by atoms with van der Waals surface area (Å²) in [7, 11) is 0. The van der Waals surface area contributed by atoms with Crippen LogP contribution >= 0.6 is 0 Å². The molecule has 3 heterocycles. The highest BCUT2D eigenvalue weighted by atomic mass is 15.4. The average Bonchev–Trinajstić information content (AvgIpc) is 3.30. The van der Waals surface area contributed by atoms with Gasteiger partial charge in [-0.05, 0) is 51.1 Å². The number of aromatic nitrogens is 7. The van der Waals surface area contributed by atoms with Gasteiger partial charge in [-0.15, -0.1) is 15.3 Å². The van der Waals surface area contributed by atoms with Crippen LogP contribution in [0.25, 0.3) is 11.5 Å². The van der Waals surface area contributed by atoms with Crippen LogP contribution < -0.4 is 5.32 Å². The topological polar surface area (TPSA) is 86.3 Å². The van der Waals surface area contributed by atoms with E-state index in [9.17, 15) is 0 Å². The minimum absolute atomic E-state index is 0.0590. The zero-order valence-electron chi connectivity index (χ0n) is 15.4. The standard InChI is InChI=1S/C19H20N8/c1-13-11-14(2)27(24-13)19-10-9-18(22-23-19)20-15(3)17-12-26(25-21-17)16-7-5-4-6-8-16/h4-12,15H,1-3H3,(H,20,22). The summed E-state index contributed by atoms with van der Waals surface area (Å²) in [6, 6.07) is 15.6. The Balaban J connectivity index is 1.48. The number of rotatable bonds is 5. The molecule has 1 aromatic carbocycles. The van der Waals surface area contributed by atoms with E-state index in [-0.39, 0.29) is 6.04 Å². The Morgan fingerprint density at radius 1 is 0.963 bits per heavy atom. The lowest BCUT2D eigenvalue weighted by Crippen LogP contribution is -2.10. The van der Waals surface area contributed by atoms with Crippen LogP contribution in [0, 0.1) is 13.8 Å². The van der Waals surface area contributed by atoms with Crippen LogP contribution in [0.2, 0.25) is 0 Å². The third-order valence-corrected chi connectivity index (χ3v) is 4.22. The zero-order valence-corrected chi connectivity index (χ0v) is 15.4. The van der Waals surface area contributed by atoms with E-state index in [4.69, 9.17) is 0 Å². The highest BCUT2D eigenvalue weighted by Gasteiger charge is 2.12. The molecule has 8 heteroatoms. The lowest BCUT2D eigenvalue weighted by Gasteiger charge is -2.11. The van der Waals surface area contributed by atoms with Crippen LogP contribution in [0.15, 0.2) is 54.7 Å². The number of nitrogens with one attached hydrogen (secondary N) is 1. The van der Waals surface area contributed by atoms with Gasteiger partial charge < -0.3 is 5.32 Å². The molecular weight excluding hydrogens is 340 g/mol. The van der Waals surface area contributed by atoms with Crippen molar-refractivity contribution in [2.75, 3.05) is 5.32 Å². The van der Waals surface area contributed by atoms with Crippen molar-refractivity contribution >= 4 is 5.82 Å². The first-order valence-corrected chi connectivity index (χ1v) is 8.72. The van der Waals surface area contributed by atoms with E-state index >= 15 is 0 Å². The van der Waals surface area contributed by atoms with Gasteiger partial charge in [0.15, 0.2) is 5.82 Å². The highest BCUT2D eigenvalue weighted by Crippen LogP contribution is 2.17. The van der Waals surface area contributed by atoms with E-state index < -0.39 is 0 Å². The second-order valence-electron chi connectivity index (χ2n) is 6.41. The molecule has 136 valence electrons. The minimum Gasteiger partial charge on any atom is -0.360 e. The van der Waals surface area contributed by atoms with Gasteiger partial charge in [0.1, 0.15) is 11.5 Å². The second kappa shape index (κ2) is 6.99. The smallest absolute Gasteiger partial charge is 0.176 e. The molecule has 0 radical (unpaired) electrons. The Hall–Kier alpha value is -3.55. The maximum absolute atomic E-state index is 4.42. The maximum atomic E-state index is 4.42. The van der Waals surface area contributed by atoms with E-state index in [2.05, 4.69) is 30.9 Å². The molecular formula is C19H20N8. The van der Waals surface area contributed by atoms with E-state index in [1.165, 1.54) is 0 Å². The Morgan fingerprint density at radius 2 is 1.78 bits per heavy atom. The Bertz CT molecular complexity index is 1030. The summed E-state index contributed by atoms with van der Waals surface area (Å²) in [6.45, 7) is 5.96.